The molecule has 10 heteroatoms. The summed E-state index contributed by atoms with van der Waals surface area (Å²) in [6.07, 6.45) is 7.31. The van der Waals surface area contributed by atoms with Crippen LogP contribution in [-0.4, -0.2) is 48.5 Å². The maximum Gasteiger partial charge on any atom is 0.247 e. The van der Waals surface area contributed by atoms with Crippen molar-refractivity contribution in [3.8, 4) is 0 Å². The number of aromatic nitrogens is 1. The van der Waals surface area contributed by atoms with Gasteiger partial charge in [0.2, 0.25) is 21.8 Å². The minimum Gasteiger partial charge on any atom is -0.341 e. The van der Waals surface area contributed by atoms with E-state index < -0.39 is 21.2 Å². The summed E-state index contributed by atoms with van der Waals surface area (Å²) in [6.45, 7) is 1.46. The van der Waals surface area contributed by atoms with E-state index in [0.717, 1.165) is 31.2 Å². The second-order valence-corrected chi connectivity index (χ2v) is 10.5. The molecule has 8 nitrogen and oxygen atoms in total. The summed E-state index contributed by atoms with van der Waals surface area (Å²) in [6, 6.07) is 8.07. The fourth-order valence-electron chi connectivity index (χ4n) is 3.64. The molecular formula is C21H24N4O4S2. The number of carbonyl (C=O) groups excluding carboxylic acids is 2. The minimum atomic E-state index is -3.77. The third-order valence-electron chi connectivity index (χ3n) is 5.33. The number of fused-ring (bicyclic) bond motifs is 1. The van der Waals surface area contributed by atoms with Crippen molar-refractivity contribution in [3.63, 3.8) is 0 Å². The van der Waals surface area contributed by atoms with Crippen LogP contribution in [0.25, 0.3) is 0 Å². The lowest BCUT2D eigenvalue weighted by Gasteiger charge is -2.28. The number of nitrogens with zero attached hydrogens (tertiary/aromatic N) is 2. The molecule has 0 saturated carbocycles. The highest BCUT2D eigenvalue weighted by molar-refractivity contribution is 8.01. The number of anilines is 1. The van der Waals surface area contributed by atoms with Crippen molar-refractivity contribution >= 4 is 39.3 Å². The van der Waals surface area contributed by atoms with Gasteiger partial charge in [0.15, 0.2) is 5.25 Å². The molecule has 1 aromatic carbocycles. The topological polar surface area (TPSA) is 108 Å². The van der Waals surface area contributed by atoms with Crippen molar-refractivity contribution in [3.05, 3.63) is 48.3 Å². The first-order chi connectivity index (χ1) is 14.9. The van der Waals surface area contributed by atoms with Crippen molar-refractivity contribution < 1.29 is 18.0 Å². The normalized spacial score (nSPS) is 19.3. The number of carbonyl (C=O) groups is 2. The number of hydrogen-bond acceptors (Lipinski definition) is 6. The monoisotopic (exact) mass is 460 g/mol. The molecule has 0 bridgehead atoms. The molecule has 2 aromatic rings. The molecule has 0 radical (unpaired) electrons. The van der Waals surface area contributed by atoms with Gasteiger partial charge in [0, 0.05) is 36.9 Å². The number of nitrogens with one attached hydrogen (secondary N) is 2. The van der Waals surface area contributed by atoms with E-state index in [2.05, 4.69) is 15.0 Å². The van der Waals surface area contributed by atoms with Crippen LogP contribution in [0.4, 0.5) is 5.69 Å². The minimum absolute atomic E-state index is 0.0494. The summed E-state index contributed by atoms with van der Waals surface area (Å²) in [5.74, 6) is -0.588. The van der Waals surface area contributed by atoms with Gasteiger partial charge in [-0.25, -0.2) is 13.1 Å². The summed E-state index contributed by atoms with van der Waals surface area (Å²) in [4.78, 5) is 32.0. The highest BCUT2D eigenvalue weighted by atomic mass is 32.2. The number of benzene rings is 1. The number of thioether (sulfide) groups is 1. The van der Waals surface area contributed by atoms with Crippen LogP contribution in [0.15, 0.2) is 52.5 Å². The molecule has 1 unspecified atom stereocenters. The third kappa shape index (κ3) is 5.08. The molecule has 2 N–H and O–H groups in total. The Hall–Kier alpha value is -2.43. The zero-order valence-electron chi connectivity index (χ0n) is 16.9. The lowest BCUT2D eigenvalue weighted by Crippen LogP contribution is -2.45. The zero-order chi connectivity index (χ0) is 21.8. The number of pyridine rings is 1. The van der Waals surface area contributed by atoms with E-state index >= 15 is 0 Å². The van der Waals surface area contributed by atoms with Crippen LogP contribution in [0.3, 0.4) is 0 Å². The van der Waals surface area contributed by atoms with Gasteiger partial charge >= 0.3 is 0 Å². The van der Waals surface area contributed by atoms with E-state index in [9.17, 15) is 18.0 Å². The Bertz CT molecular complexity index is 1070. The van der Waals surface area contributed by atoms with E-state index in [1.54, 1.807) is 35.5 Å². The highest BCUT2D eigenvalue weighted by Gasteiger charge is 2.36. The van der Waals surface area contributed by atoms with Gasteiger partial charge in [0.05, 0.1) is 10.6 Å². The predicted octanol–water partition coefficient (Wildman–Crippen LogP) is 2.38. The summed E-state index contributed by atoms with van der Waals surface area (Å²) in [7, 11) is -3.77. The maximum absolute atomic E-state index is 12.9. The van der Waals surface area contributed by atoms with E-state index in [-0.39, 0.29) is 17.3 Å². The second-order valence-electron chi connectivity index (χ2n) is 7.57. The van der Waals surface area contributed by atoms with Crippen molar-refractivity contribution in [1.29, 1.82) is 0 Å². The van der Waals surface area contributed by atoms with Crippen molar-refractivity contribution in [1.82, 2.24) is 14.6 Å². The van der Waals surface area contributed by atoms with Crippen molar-refractivity contribution in [2.24, 2.45) is 0 Å². The van der Waals surface area contributed by atoms with Crippen LogP contribution < -0.4 is 10.0 Å². The van der Waals surface area contributed by atoms with E-state index in [1.807, 2.05) is 0 Å². The number of hydrogen-bond donors (Lipinski definition) is 2. The Morgan fingerprint density at radius 1 is 1.19 bits per heavy atom. The molecule has 1 saturated heterocycles. The Balaban J connectivity index is 1.48. The van der Waals surface area contributed by atoms with Crippen molar-refractivity contribution in [2.75, 3.05) is 18.4 Å². The quantitative estimate of drug-likeness (QED) is 0.663. The number of likely N-dealkylation sites (tertiary alicyclic amines) is 1. The van der Waals surface area contributed by atoms with Gasteiger partial charge in [-0.1, -0.05) is 18.9 Å². The Labute approximate surface area is 185 Å². The first-order valence-corrected chi connectivity index (χ1v) is 12.6. The van der Waals surface area contributed by atoms with Crippen LogP contribution in [0.2, 0.25) is 0 Å². The lowest BCUT2D eigenvalue weighted by atomic mass is 10.2. The van der Waals surface area contributed by atoms with Gasteiger partial charge < -0.3 is 10.2 Å². The van der Waals surface area contributed by atoms with Gasteiger partial charge in [0.1, 0.15) is 0 Å². The average Bonchev–Trinajstić information content (AvgIpc) is 3.07. The molecule has 1 atom stereocenters. The van der Waals surface area contributed by atoms with Crippen LogP contribution in [-0.2, 0) is 26.2 Å². The molecule has 164 valence electrons. The summed E-state index contributed by atoms with van der Waals surface area (Å²) < 4.78 is 27.9. The lowest BCUT2D eigenvalue weighted by molar-refractivity contribution is -0.133. The van der Waals surface area contributed by atoms with Crippen LogP contribution in [0.5, 0.6) is 0 Å². The molecule has 2 amide bonds. The summed E-state index contributed by atoms with van der Waals surface area (Å²) >= 11 is 1.18. The van der Waals surface area contributed by atoms with Gasteiger partial charge in [-0.2, -0.15) is 0 Å². The molecule has 0 spiro atoms. The first kappa shape index (κ1) is 21.8. The average molecular weight is 461 g/mol. The second kappa shape index (κ2) is 9.37. The fourth-order valence-corrected chi connectivity index (χ4v) is 5.74. The zero-order valence-corrected chi connectivity index (χ0v) is 18.5. The number of sulfonamides is 1. The molecule has 31 heavy (non-hydrogen) atoms. The molecule has 0 aliphatic carbocycles. The third-order valence-corrected chi connectivity index (χ3v) is 7.99. The van der Waals surface area contributed by atoms with Crippen LogP contribution >= 0.6 is 11.8 Å². The van der Waals surface area contributed by atoms with Gasteiger partial charge in [-0.3, -0.25) is 14.6 Å². The van der Waals surface area contributed by atoms with E-state index in [4.69, 9.17) is 0 Å². The molecular weight excluding hydrogens is 436 g/mol. The van der Waals surface area contributed by atoms with E-state index in [1.165, 1.54) is 23.9 Å². The van der Waals surface area contributed by atoms with Gasteiger partial charge in [-0.05, 0) is 42.7 Å². The Kier molecular flexibility index (Phi) is 6.59. The summed E-state index contributed by atoms with van der Waals surface area (Å²) in [5, 5.41) is 1.87. The number of amides is 2. The predicted molar refractivity (Wildman–Crippen MR) is 118 cm³/mol. The number of rotatable bonds is 5. The van der Waals surface area contributed by atoms with Gasteiger partial charge in [0.25, 0.3) is 0 Å². The van der Waals surface area contributed by atoms with Crippen LogP contribution in [0.1, 0.15) is 31.2 Å². The Morgan fingerprint density at radius 2 is 1.97 bits per heavy atom. The molecule has 1 aromatic heterocycles. The standard InChI is InChI=1S/C21H24N4O4S2/c26-20-19(21(27)25-10-3-1-2-4-11-25)30-18-8-7-16(12-17(18)24-20)31(28,29)23-14-15-6-5-9-22-13-15/h5-9,12-13,19,23H,1-4,10-11,14H2,(H,24,26). The summed E-state index contributed by atoms with van der Waals surface area (Å²) in [5.41, 5.74) is 1.14. The first-order valence-electron chi connectivity index (χ1n) is 10.2. The molecule has 3 heterocycles. The molecule has 2 aliphatic rings. The molecule has 1 fully saturated rings. The van der Waals surface area contributed by atoms with Gasteiger partial charge in [-0.15, -0.1) is 11.8 Å². The molecule has 4 rings (SSSR count). The van der Waals surface area contributed by atoms with Crippen molar-refractivity contribution in [2.45, 2.75) is 47.3 Å². The SMILES string of the molecule is O=C1Nc2cc(S(=O)(=O)NCc3cccnc3)ccc2SC1C(=O)N1CCCCCC1. The maximum atomic E-state index is 12.9. The Morgan fingerprint density at radius 3 is 2.68 bits per heavy atom. The smallest absolute Gasteiger partial charge is 0.247 e. The fraction of sp³-hybridized carbons (Fsp3) is 0.381. The van der Waals surface area contributed by atoms with Crippen LogP contribution in [0, 0.1) is 0 Å². The highest BCUT2D eigenvalue weighted by Crippen LogP contribution is 2.38. The van der Waals surface area contributed by atoms with E-state index in [0.29, 0.717) is 23.7 Å². The molecule has 2 aliphatic heterocycles. The largest absolute Gasteiger partial charge is 0.341 e.